The molecule has 4 nitrogen and oxygen atoms in total. The molecule has 96 valence electrons. The Morgan fingerprint density at radius 2 is 1.94 bits per heavy atom. The quantitative estimate of drug-likeness (QED) is 0.753. The van der Waals surface area contributed by atoms with E-state index in [2.05, 4.69) is 5.32 Å². The number of alkyl carbamates (subject to hydrolysis) is 1. The predicted molar refractivity (Wildman–Crippen MR) is 64.7 cm³/mol. The third kappa shape index (κ3) is 6.18. The normalized spacial score (nSPS) is 15.8. The highest BCUT2D eigenvalue weighted by Gasteiger charge is 2.26. The molecule has 0 bridgehead atoms. The molecule has 0 aromatic heterocycles. The summed E-state index contributed by atoms with van der Waals surface area (Å²) in [5.41, 5.74) is -0.544. The molecule has 2 N–H and O–H groups in total. The van der Waals surface area contributed by atoms with Gasteiger partial charge in [-0.2, -0.15) is 0 Å². The summed E-state index contributed by atoms with van der Waals surface area (Å²) in [6.45, 7) is 9.16. The number of halogens is 1. The van der Waals surface area contributed by atoms with Gasteiger partial charge in [0.2, 0.25) is 0 Å². The van der Waals surface area contributed by atoms with E-state index in [-0.39, 0.29) is 11.8 Å². The van der Waals surface area contributed by atoms with Crippen LogP contribution in [0.3, 0.4) is 0 Å². The van der Waals surface area contributed by atoms with E-state index in [1.807, 2.05) is 13.8 Å². The number of hydrogen-bond acceptors (Lipinski definition) is 3. The molecule has 5 heteroatoms. The highest BCUT2D eigenvalue weighted by Crippen LogP contribution is 2.11. The first-order chi connectivity index (χ1) is 7.17. The lowest BCUT2D eigenvalue weighted by Gasteiger charge is -2.28. The molecule has 0 unspecified atom stereocenters. The van der Waals surface area contributed by atoms with Crippen molar-refractivity contribution >= 4 is 17.7 Å². The summed E-state index contributed by atoms with van der Waals surface area (Å²) in [5, 5.41) is 12.3. The van der Waals surface area contributed by atoms with Crippen molar-refractivity contribution in [2.24, 2.45) is 5.92 Å². The number of aliphatic hydroxyl groups is 1. The van der Waals surface area contributed by atoms with Crippen LogP contribution in [0.2, 0.25) is 0 Å². The molecule has 0 radical (unpaired) electrons. The van der Waals surface area contributed by atoms with Crippen LogP contribution in [0.1, 0.15) is 34.6 Å². The molecule has 0 saturated heterocycles. The van der Waals surface area contributed by atoms with Gasteiger partial charge in [-0.05, 0) is 26.7 Å². The van der Waals surface area contributed by atoms with Crippen LogP contribution in [0.25, 0.3) is 0 Å². The number of rotatable bonds is 4. The minimum atomic E-state index is -0.769. The number of carbonyl (C=O) groups excluding carboxylic acids is 1. The Kier molecular flexibility index (Phi) is 6.11. The molecule has 0 aliphatic rings. The van der Waals surface area contributed by atoms with Crippen molar-refractivity contribution in [3.05, 3.63) is 0 Å². The number of hydrogen-bond donors (Lipinski definition) is 2. The molecule has 0 heterocycles. The van der Waals surface area contributed by atoms with Gasteiger partial charge in [-0.3, -0.25) is 0 Å². The fourth-order valence-electron chi connectivity index (χ4n) is 1.25. The maximum Gasteiger partial charge on any atom is 0.407 e. The topological polar surface area (TPSA) is 58.6 Å². The highest BCUT2D eigenvalue weighted by molar-refractivity contribution is 6.18. The van der Waals surface area contributed by atoms with Gasteiger partial charge >= 0.3 is 6.09 Å². The van der Waals surface area contributed by atoms with Crippen LogP contribution in [0, 0.1) is 5.92 Å². The van der Waals surface area contributed by atoms with E-state index in [0.29, 0.717) is 0 Å². The fraction of sp³-hybridized carbons (Fsp3) is 0.909. The molecule has 0 aromatic carbocycles. The molecule has 16 heavy (non-hydrogen) atoms. The maximum absolute atomic E-state index is 11.5. The molecular weight excluding hydrogens is 230 g/mol. The number of alkyl halides is 1. The Hall–Kier alpha value is -0.480. The summed E-state index contributed by atoms with van der Waals surface area (Å²) in [5.74, 6) is 0.166. The highest BCUT2D eigenvalue weighted by atomic mass is 35.5. The summed E-state index contributed by atoms with van der Waals surface area (Å²) in [6.07, 6.45) is -1.30. The average Bonchev–Trinajstić information content (AvgIpc) is 2.09. The number of ether oxygens (including phenoxy) is 1. The van der Waals surface area contributed by atoms with Crippen LogP contribution in [0.4, 0.5) is 4.79 Å². The number of aliphatic hydroxyl groups excluding tert-OH is 1. The fourth-order valence-corrected chi connectivity index (χ4v) is 1.44. The summed E-state index contributed by atoms with van der Waals surface area (Å²) < 4.78 is 5.11. The Morgan fingerprint density at radius 3 is 2.25 bits per heavy atom. The molecule has 2 atom stereocenters. The molecule has 1 amide bonds. The number of amides is 1. The zero-order chi connectivity index (χ0) is 12.9. The molecule has 0 spiro atoms. The van der Waals surface area contributed by atoms with E-state index in [4.69, 9.17) is 16.3 Å². The maximum atomic E-state index is 11.5. The van der Waals surface area contributed by atoms with E-state index < -0.39 is 23.8 Å². The van der Waals surface area contributed by atoms with Crippen LogP contribution in [0.5, 0.6) is 0 Å². The SMILES string of the molecule is CC(C)[C@H](NC(=O)OC(C)(C)C)[C@H](O)CCl. The Balaban J connectivity index is 4.36. The van der Waals surface area contributed by atoms with E-state index in [9.17, 15) is 9.90 Å². The molecule has 0 saturated carbocycles. The van der Waals surface area contributed by atoms with Crippen molar-refractivity contribution in [2.45, 2.75) is 52.4 Å². The summed E-state index contributed by atoms with van der Waals surface area (Å²) in [7, 11) is 0. The van der Waals surface area contributed by atoms with E-state index in [1.54, 1.807) is 20.8 Å². The lowest BCUT2D eigenvalue weighted by Crippen LogP contribution is -2.49. The first-order valence-corrected chi connectivity index (χ1v) is 5.94. The van der Waals surface area contributed by atoms with Crippen LogP contribution in [-0.2, 0) is 4.74 Å². The smallest absolute Gasteiger partial charge is 0.407 e. The third-order valence-corrected chi connectivity index (χ3v) is 2.29. The van der Waals surface area contributed by atoms with Gasteiger partial charge in [0.25, 0.3) is 0 Å². The summed E-state index contributed by atoms with van der Waals surface area (Å²) in [6, 6.07) is -0.396. The number of nitrogens with one attached hydrogen (secondary N) is 1. The van der Waals surface area contributed by atoms with Gasteiger partial charge in [-0.1, -0.05) is 13.8 Å². The van der Waals surface area contributed by atoms with Crippen LogP contribution in [0.15, 0.2) is 0 Å². The van der Waals surface area contributed by atoms with Gasteiger partial charge in [-0.15, -0.1) is 11.6 Å². The Bertz CT molecular complexity index is 226. The zero-order valence-electron chi connectivity index (χ0n) is 10.6. The largest absolute Gasteiger partial charge is 0.444 e. The standard InChI is InChI=1S/C11H22ClNO3/c1-7(2)9(8(14)6-12)13-10(15)16-11(3,4)5/h7-9,14H,6H2,1-5H3,(H,13,15)/t8-,9+/m1/s1. The summed E-state index contributed by atoms with van der Waals surface area (Å²) >= 11 is 5.57. The Morgan fingerprint density at radius 1 is 1.44 bits per heavy atom. The van der Waals surface area contributed by atoms with Crippen molar-refractivity contribution in [1.82, 2.24) is 5.32 Å². The van der Waals surface area contributed by atoms with Gasteiger partial charge in [0, 0.05) is 0 Å². The van der Waals surface area contributed by atoms with E-state index in [0.717, 1.165) is 0 Å². The third-order valence-electron chi connectivity index (χ3n) is 1.97. The second kappa shape index (κ2) is 6.30. The first kappa shape index (κ1) is 15.5. The van der Waals surface area contributed by atoms with Crippen molar-refractivity contribution < 1.29 is 14.6 Å². The monoisotopic (exact) mass is 251 g/mol. The van der Waals surface area contributed by atoms with Gasteiger partial charge in [0.05, 0.1) is 18.0 Å². The van der Waals surface area contributed by atoms with Gasteiger partial charge in [0.1, 0.15) is 5.60 Å². The lowest BCUT2D eigenvalue weighted by atomic mass is 10.00. The van der Waals surface area contributed by atoms with Crippen LogP contribution < -0.4 is 5.32 Å². The molecule has 0 fully saturated rings. The summed E-state index contributed by atoms with van der Waals surface area (Å²) in [4.78, 5) is 11.5. The number of carbonyl (C=O) groups is 1. The van der Waals surface area contributed by atoms with Crippen LogP contribution in [-0.4, -0.2) is 34.8 Å². The molecule has 0 aromatic rings. The van der Waals surface area contributed by atoms with Crippen molar-refractivity contribution in [2.75, 3.05) is 5.88 Å². The van der Waals surface area contributed by atoms with Gasteiger partial charge in [-0.25, -0.2) is 4.79 Å². The minimum absolute atomic E-state index is 0.0820. The zero-order valence-corrected chi connectivity index (χ0v) is 11.3. The van der Waals surface area contributed by atoms with E-state index in [1.165, 1.54) is 0 Å². The Labute approximate surface area is 102 Å². The minimum Gasteiger partial charge on any atom is -0.444 e. The lowest BCUT2D eigenvalue weighted by molar-refractivity contribution is 0.0402. The second-order valence-corrected chi connectivity index (χ2v) is 5.45. The van der Waals surface area contributed by atoms with Crippen molar-refractivity contribution in [3.63, 3.8) is 0 Å². The van der Waals surface area contributed by atoms with Gasteiger partial charge < -0.3 is 15.2 Å². The predicted octanol–water partition coefficient (Wildman–Crippen LogP) is 2.14. The first-order valence-electron chi connectivity index (χ1n) is 5.41. The second-order valence-electron chi connectivity index (χ2n) is 5.14. The average molecular weight is 252 g/mol. The van der Waals surface area contributed by atoms with E-state index >= 15 is 0 Å². The van der Waals surface area contributed by atoms with Crippen molar-refractivity contribution in [3.8, 4) is 0 Å². The van der Waals surface area contributed by atoms with Gasteiger partial charge in [0.15, 0.2) is 0 Å². The van der Waals surface area contributed by atoms with Crippen molar-refractivity contribution in [1.29, 1.82) is 0 Å². The molecule has 0 rings (SSSR count). The molecular formula is C11H22ClNO3. The molecule has 0 aliphatic heterocycles. The molecule has 0 aliphatic carbocycles. The van der Waals surface area contributed by atoms with Crippen LogP contribution >= 0.6 is 11.6 Å².